The maximum absolute atomic E-state index is 12.1. The van der Waals surface area contributed by atoms with Crippen molar-refractivity contribution in [2.45, 2.75) is 43.4 Å². The third kappa shape index (κ3) is 2.39. The molecule has 1 aliphatic carbocycles. The fourth-order valence-electron chi connectivity index (χ4n) is 4.94. The van der Waals surface area contributed by atoms with Gasteiger partial charge < -0.3 is 9.47 Å². The van der Waals surface area contributed by atoms with Crippen molar-refractivity contribution in [1.29, 1.82) is 0 Å². The number of carbonyl (C=O) groups excluding carboxylic acids is 1. The number of piperidine rings is 1. The molecule has 132 valence electrons. The van der Waals surface area contributed by atoms with Crippen molar-refractivity contribution in [2.24, 2.45) is 0 Å². The predicted octanol–water partition coefficient (Wildman–Crippen LogP) is 2.86. The molecule has 3 aliphatic heterocycles. The largest absolute Gasteiger partial charge is 0.481 e. The number of nitrogens with zero attached hydrogens (tertiary/aromatic N) is 1. The lowest BCUT2D eigenvalue weighted by molar-refractivity contribution is -0.148. The van der Waals surface area contributed by atoms with E-state index in [1.807, 2.05) is 30.3 Å². The summed E-state index contributed by atoms with van der Waals surface area (Å²) in [5.74, 6) is 6.95. The molecule has 2 fully saturated rings. The summed E-state index contributed by atoms with van der Waals surface area (Å²) in [7, 11) is 0. The molecule has 26 heavy (non-hydrogen) atoms. The Morgan fingerprint density at radius 2 is 2.15 bits per heavy atom. The van der Waals surface area contributed by atoms with Gasteiger partial charge in [-0.1, -0.05) is 42.5 Å². The van der Waals surface area contributed by atoms with Crippen molar-refractivity contribution in [3.63, 3.8) is 0 Å². The number of para-hydroxylation sites is 1. The average Bonchev–Trinajstić information content (AvgIpc) is 3.15. The summed E-state index contributed by atoms with van der Waals surface area (Å²) in [4.78, 5) is 14.6. The zero-order valence-corrected chi connectivity index (χ0v) is 14.6. The zero-order valence-electron chi connectivity index (χ0n) is 14.6. The molecule has 1 aromatic rings. The molecule has 0 aromatic heterocycles. The number of rotatable bonds is 2. The Labute approximate surface area is 153 Å². The van der Waals surface area contributed by atoms with Crippen LogP contribution in [0.3, 0.4) is 0 Å². The highest BCUT2D eigenvalue weighted by Gasteiger charge is 2.61. The van der Waals surface area contributed by atoms with Crippen LogP contribution in [0.4, 0.5) is 0 Å². The standard InChI is InChI=1S/C22H21NO3/c24-21-14-19-16(7-6-12-25-18-8-2-1-3-9-18)13-17-15-22(19,26-21)20-10-4-5-11-23(17)20/h1-3,8-9,13-14,17,20H,4-5,10-12,15H2/t17?,20-,22+/m1/s1. The van der Waals surface area contributed by atoms with E-state index in [0.717, 1.165) is 36.3 Å². The van der Waals surface area contributed by atoms with Gasteiger partial charge in [-0.25, -0.2) is 4.79 Å². The van der Waals surface area contributed by atoms with Crippen molar-refractivity contribution < 1.29 is 14.3 Å². The molecule has 4 aliphatic rings. The summed E-state index contributed by atoms with van der Waals surface area (Å²) >= 11 is 0. The van der Waals surface area contributed by atoms with Gasteiger partial charge in [0.05, 0.1) is 6.04 Å². The molecule has 2 bridgehead atoms. The second kappa shape index (κ2) is 6.03. The molecule has 2 saturated heterocycles. The molecular weight excluding hydrogens is 326 g/mol. The first-order chi connectivity index (χ1) is 12.8. The smallest absolute Gasteiger partial charge is 0.332 e. The van der Waals surface area contributed by atoms with E-state index in [0.29, 0.717) is 18.7 Å². The van der Waals surface area contributed by atoms with Gasteiger partial charge in [-0.15, -0.1) is 0 Å². The highest BCUT2D eigenvalue weighted by molar-refractivity contribution is 5.90. The summed E-state index contributed by atoms with van der Waals surface area (Å²) in [6.07, 6.45) is 8.27. The molecule has 4 nitrogen and oxygen atoms in total. The van der Waals surface area contributed by atoms with Crippen molar-refractivity contribution in [3.8, 4) is 17.6 Å². The highest BCUT2D eigenvalue weighted by atomic mass is 16.6. The molecule has 1 unspecified atom stereocenters. The molecule has 0 saturated carbocycles. The third-order valence-corrected chi connectivity index (χ3v) is 5.95. The normalized spacial score (nSPS) is 31.8. The van der Waals surface area contributed by atoms with E-state index in [2.05, 4.69) is 22.8 Å². The summed E-state index contributed by atoms with van der Waals surface area (Å²) in [6, 6.07) is 10.3. The fourth-order valence-corrected chi connectivity index (χ4v) is 4.94. The first-order valence-electron chi connectivity index (χ1n) is 9.36. The summed E-state index contributed by atoms with van der Waals surface area (Å²) in [5, 5.41) is 0. The molecule has 0 radical (unpaired) electrons. The lowest BCUT2D eigenvalue weighted by Crippen LogP contribution is -2.48. The Bertz CT molecular complexity index is 860. The van der Waals surface area contributed by atoms with Crippen molar-refractivity contribution in [3.05, 3.63) is 53.6 Å². The van der Waals surface area contributed by atoms with Gasteiger partial charge in [-0.3, -0.25) is 4.90 Å². The first-order valence-corrected chi connectivity index (χ1v) is 9.36. The van der Waals surface area contributed by atoms with Crippen molar-refractivity contribution in [2.75, 3.05) is 13.2 Å². The monoisotopic (exact) mass is 347 g/mol. The number of fused-ring (bicyclic) bond motifs is 3. The lowest BCUT2D eigenvalue weighted by atomic mass is 9.77. The molecule has 3 atom stereocenters. The summed E-state index contributed by atoms with van der Waals surface area (Å²) in [5.41, 5.74) is 1.46. The predicted molar refractivity (Wildman–Crippen MR) is 97.5 cm³/mol. The van der Waals surface area contributed by atoms with Crippen LogP contribution in [0.1, 0.15) is 25.7 Å². The zero-order chi connectivity index (χ0) is 17.6. The second-order valence-corrected chi connectivity index (χ2v) is 7.37. The fraction of sp³-hybridized carbons (Fsp3) is 0.409. The van der Waals surface area contributed by atoms with Gasteiger partial charge in [-0.05, 0) is 31.5 Å². The Morgan fingerprint density at radius 3 is 3.04 bits per heavy atom. The van der Waals surface area contributed by atoms with Crippen LogP contribution in [0.15, 0.2) is 53.6 Å². The minimum absolute atomic E-state index is 0.221. The van der Waals surface area contributed by atoms with Crippen LogP contribution < -0.4 is 4.74 Å². The molecule has 3 heterocycles. The van der Waals surface area contributed by atoms with E-state index < -0.39 is 5.60 Å². The number of hydrogen-bond acceptors (Lipinski definition) is 4. The maximum Gasteiger partial charge on any atom is 0.332 e. The van der Waals surface area contributed by atoms with E-state index in [1.54, 1.807) is 6.08 Å². The van der Waals surface area contributed by atoms with E-state index in [-0.39, 0.29) is 5.97 Å². The van der Waals surface area contributed by atoms with Crippen molar-refractivity contribution in [1.82, 2.24) is 4.90 Å². The molecule has 5 rings (SSSR count). The SMILES string of the molecule is O=C1C=C2C(C#CCOc3ccccc3)=CC3C[C@@]2(O1)[C@H]1CCCCN31. The van der Waals surface area contributed by atoms with E-state index in [1.165, 1.54) is 12.8 Å². The van der Waals surface area contributed by atoms with Gasteiger partial charge in [0, 0.05) is 29.7 Å². The summed E-state index contributed by atoms with van der Waals surface area (Å²) < 4.78 is 11.6. The third-order valence-electron chi connectivity index (χ3n) is 5.95. The van der Waals surface area contributed by atoms with Crippen LogP contribution in [0, 0.1) is 11.8 Å². The Morgan fingerprint density at radius 1 is 1.27 bits per heavy atom. The van der Waals surface area contributed by atoms with Crippen LogP contribution in [0.2, 0.25) is 0 Å². The number of esters is 1. The molecule has 0 N–H and O–H groups in total. The Balaban J connectivity index is 1.40. The minimum Gasteiger partial charge on any atom is -0.481 e. The number of benzene rings is 1. The summed E-state index contributed by atoms with van der Waals surface area (Å²) in [6.45, 7) is 1.41. The number of hydrogen-bond donors (Lipinski definition) is 0. The molecule has 1 aromatic carbocycles. The van der Waals surface area contributed by atoms with Crippen LogP contribution in [-0.2, 0) is 9.53 Å². The van der Waals surface area contributed by atoms with Gasteiger partial charge in [0.15, 0.2) is 5.60 Å². The van der Waals surface area contributed by atoms with E-state index in [4.69, 9.17) is 9.47 Å². The van der Waals surface area contributed by atoms with Crippen LogP contribution in [0.25, 0.3) is 0 Å². The number of carbonyl (C=O) groups is 1. The highest BCUT2D eigenvalue weighted by Crippen LogP contribution is 2.53. The lowest BCUT2D eigenvalue weighted by Gasteiger charge is -2.38. The minimum atomic E-state index is -0.471. The van der Waals surface area contributed by atoms with E-state index in [9.17, 15) is 4.79 Å². The van der Waals surface area contributed by atoms with E-state index >= 15 is 0 Å². The quantitative estimate of drug-likeness (QED) is 0.609. The number of ether oxygens (including phenoxy) is 2. The van der Waals surface area contributed by atoms with Gasteiger partial charge in [-0.2, -0.15) is 0 Å². The van der Waals surface area contributed by atoms with Gasteiger partial charge in [0.1, 0.15) is 12.4 Å². The maximum atomic E-state index is 12.1. The molecule has 1 spiro atoms. The van der Waals surface area contributed by atoms with Gasteiger partial charge >= 0.3 is 5.97 Å². The van der Waals surface area contributed by atoms with Gasteiger partial charge in [0.2, 0.25) is 0 Å². The topological polar surface area (TPSA) is 38.8 Å². The molecule has 4 heteroatoms. The van der Waals surface area contributed by atoms with Crippen LogP contribution in [0.5, 0.6) is 5.75 Å². The Kier molecular flexibility index (Phi) is 3.65. The van der Waals surface area contributed by atoms with Gasteiger partial charge in [0.25, 0.3) is 0 Å². The molecular formula is C22H21NO3. The first kappa shape index (κ1) is 15.7. The second-order valence-electron chi connectivity index (χ2n) is 7.37. The van der Waals surface area contributed by atoms with Crippen LogP contribution in [-0.4, -0.2) is 41.7 Å². The van der Waals surface area contributed by atoms with Crippen molar-refractivity contribution >= 4 is 5.97 Å². The molecule has 0 amide bonds. The van der Waals surface area contributed by atoms with Crippen LogP contribution >= 0.6 is 0 Å². The average molecular weight is 347 g/mol. The Hall–Kier alpha value is -2.51.